The molecule has 12 aromatic rings. The zero-order valence-electron chi connectivity index (χ0n) is 68.9. The van der Waals surface area contributed by atoms with Gasteiger partial charge in [-0.3, -0.25) is 53.8 Å². The summed E-state index contributed by atoms with van der Waals surface area (Å²) in [6.07, 6.45) is 2.02. The molecule has 125 heavy (non-hydrogen) atoms. The van der Waals surface area contributed by atoms with Gasteiger partial charge in [-0.1, -0.05) is 158 Å². The highest BCUT2D eigenvalue weighted by Gasteiger charge is 2.34. The number of carbonyl (C=O) groups excluding carboxylic acids is 7. The highest BCUT2D eigenvalue weighted by Crippen LogP contribution is 2.43. The number of aromatic nitrogens is 3. The summed E-state index contributed by atoms with van der Waals surface area (Å²) in [5, 5.41) is 55.4. The summed E-state index contributed by atoms with van der Waals surface area (Å²) in [6.45, 7) is 7.37. The minimum atomic E-state index is -1.14. The first-order valence-electron chi connectivity index (χ1n) is 39.7. The zero-order chi connectivity index (χ0) is 89.8. The Balaban J connectivity index is 0.000000196. The zero-order valence-corrected chi connectivity index (χ0v) is 68.9. The molecule has 0 spiro atoms. The number of nitrogens with two attached hydrogens (primary N) is 5. The number of para-hydroxylation sites is 3. The molecule has 1 unspecified atom stereocenters. The normalized spacial score (nSPS) is 10.8. The predicted octanol–water partition coefficient (Wildman–Crippen LogP) is 13.9. The van der Waals surface area contributed by atoms with Gasteiger partial charge in [-0.2, -0.15) is 0 Å². The number of hydrogen-bond donors (Lipinski definition) is 16. The fraction of sp³-hybridized carbons (Fsp3) is 0.160. The molecule has 9 aromatic carbocycles. The molecule has 21 N–H and O–H groups in total. The van der Waals surface area contributed by atoms with Crippen LogP contribution in [0.1, 0.15) is 133 Å². The van der Waals surface area contributed by atoms with Crippen LogP contribution in [0.3, 0.4) is 0 Å². The molecule has 0 saturated heterocycles. The Morgan fingerprint density at radius 3 is 1.06 bits per heavy atom. The number of anilines is 6. The predicted molar refractivity (Wildman–Crippen MR) is 485 cm³/mol. The number of carboxylic acid groups (broad SMARTS) is 3. The van der Waals surface area contributed by atoms with E-state index in [0.29, 0.717) is 88.3 Å². The van der Waals surface area contributed by atoms with Crippen molar-refractivity contribution in [1.82, 2.24) is 19.0 Å². The van der Waals surface area contributed by atoms with Crippen LogP contribution in [0.5, 0.6) is 0 Å². The SMILES string of the molecule is CC(=O)NC(CCCN=C(N)N)C(=O)Nc1c(C(=O)Nc2cccc(C(=O)O)c2)c(C)n(-c2ccccc2)c1-c1ccccc1.Cc1c(C(=O)Nc2ccc(C(=N)N)cc2)c(NC(=O)CCCC(=O)O)c(-c2ccccc2)n1-c1ccccc1.Cc1c(C(=O)Nc2cccc(C(=O)O)c2)c(NC(=O)CCCCN=C(N)N)c(-c2ccccc2)n1-c1ccccc1. The number of amides is 7. The third kappa shape index (κ3) is 24.2. The molecule has 7 amide bonds. The van der Waals surface area contributed by atoms with Crippen LogP contribution in [-0.2, 0) is 24.0 Å². The molecule has 12 rings (SSSR count). The van der Waals surface area contributed by atoms with E-state index in [2.05, 4.69) is 47.2 Å². The van der Waals surface area contributed by atoms with E-state index in [9.17, 15) is 58.2 Å². The maximum atomic E-state index is 14.0. The van der Waals surface area contributed by atoms with Crippen molar-refractivity contribution in [2.24, 2.45) is 38.7 Å². The standard InChI is InChI=1S/C33H35N7O5.C31H32N6O4.C30H29N5O4/c1-20-27(31(43)38-24-14-9-13-23(19-24)32(44)45)28(39-30(42)26(37-21(2)41)17-10-18-36-33(34)35)29(22-11-5-3-6-12-22)40(20)25-15-7-4-8-16-25;1-20-26(29(39)35-23-14-10-13-22(19-23)30(40)41)27(36-25(38)17-8-9-18-34-31(32)33)28(21-11-4-2-5-12-21)37(20)24-15-6-3-7-16-24;1-19-26(30(39)33-22-17-15-21(16-18-22)29(31)32)27(34-24(36)13-8-14-25(37)38)28(20-9-4-2-5-10-20)35(19)23-11-6-3-7-12-23/h3-9,11-16,19,26H,10,17-18H2,1-2H3,(H,37,41)(H,38,43)(H,39,42)(H,44,45)(H4,34,35,36);2-7,10-16,19H,8-9,17-18H2,1H3,(H,35,39)(H,36,38)(H,40,41)(H4,32,33,34);2-7,9-12,15-18H,8,13-14H2,1H3,(H3,31,32)(H,33,39)(H,34,36)(H,37,38). The van der Waals surface area contributed by atoms with Crippen molar-refractivity contribution in [1.29, 1.82) is 5.41 Å². The molecule has 0 radical (unpaired) electrons. The molecular formula is C94H96N18O13. The molecule has 31 nitrogen and oxygen atoms in total. The second kappa shape index (κ2) is 43.5. The maximum Gasteiger partial charge on any atom is 0.335 e. The van der Waals surface area contributed by atoms with Crippen LogP contribution in [0.4, 0.5) is 34.1 Å². The summed E-state index contributed by atoms with van der Waals surface area (Å²) in [6, 6.07) is 74.1. The quantitative estimate of drug-likeness (QED) is 0.0103. The average Bonchev–Trinajstić information content (AvgIpc) is 1.61. The molecule has 0 aliphatic heterocycles. The maximum absolute atomic E-state index is 14.0. The fourth-order valence-electron chi connectivity index (χ4n) is 14.0. The Kier molecular flexibility index (Phi) is 31.6. The summed E-state index contributed by atoms with van der Waals surface area (Å²) >= 11 is 0. The minimum Gasteiger partial charge on any atom is -0.481 e. The Labute approximate surface area is 720 Å². The van der Waals surface area contributed by atoms with E-state index in [4.69, 9.17) is 39.2 Å². The Bertz CT molecular complexity index is 5970. The molecule has 1 atom stereocenters. The van der Waals surface area contributed by atoms with Gasteiger partial charge in [-0.25, -0.2) is 9.59 Å². The lowest BCUT2D eigenvalue weighted by Crippen LogP contribution is -2.43. The number of nitrogens with one attached hydrogen (secondary N) is 8. The molecule has 0 aliphatic carbocycles. The van der Waals surface area contributed by atoms with Crippen molar-refractivity contribution in [2.45, 2.75) is 85.1 Å². The summed E-state index contributed by atoms with van der Waals surface area (Å²) in [5.41, 5.74) is 38.6. The van der Waals surface area contributed by atoms with Crippen molar-refractivity contribution in [2.75, 3.05) is 45.0 Å². The van der Waals surface area contributed by atoms with Crippen LogP contribution < -0.4 is 65.9 Å². The molecule has 3 aromatic heterocycles. The largest absolute Gasteiger partial charge is 0.481 e. The number of aliphatic imine (C=N–C) groups is 2. The lowest BCUT2D eigenvalue weighted by atomic mass is 10.1. The molecular weight excluding hydrogens is 1590 g/mol. The number of carbonyl (C=O) groups is 10. The fourth-order valence-corrected chi connectivity index (χ4v) is 14.0. The van der Waals surface area contributed by atoms with Gasteiger partial charge < -0.3 is 94.9 Å². The number of amidine groups is 1. The topological polar surface area (TPSA) is 509 Å². The number of guanidine groups is 2. The third-order valence-electron chi connectivity index (χ3n) is 19.6. The number of hydrogen-bond acceptors (Lipinski definition) is 13. The Morgan fingerprint density at radius 1 is 0.376 bits per heavy atom. The second-order valence-corrected chi connectivity index (χ2v) is 28.6. The van der Waals surface area contributed by atoms with E-state index in [-0.39, 0.29) is 102 Å². The minimum absolute atomic E-state index is 0.00348. The Hall–Kier alpha value is -16.5. The molecule has 0 bridgehead atoms. The number of benzene rings is 9. The monoisotopic (exact) mass is 1680 g/mol. The number of rotatable bonds is 33. The summed E-state index contributed by atoms with van der Waals surface area (Å²) < 4.78 is 5.74. The highest BCUT2D eigenvalue weighted by molar-refractivity contribution is 6.17. The molecule has 3 heterocycles. The highest BCUT2D eigenvalue weighted by atomic mass is 16.4. The number of carboxylic acids is 3. The van der Waals surface area contributed by atoms with Gasteiger partial charge in [-0.15, -0.1) is 0 Å². The van der Waals surface area contributed by atoms with Crippen molar-refractivity contribution in [3.05, 3.63) is 305 Å². The van der Waals surface area contributed by atoms with Gasteiger partial charge in [0.2, 0.25) is 23.6 Å². The molecule has 640 valence electrons. The van der Waals surface area contributed by atoms with E-state index in [1.807, 2.05) is 210 Å². The first-order chi connectivity index (χ1) is 60.1. The lowest BCUT2D eigenvalue weighted by molar-refractivity contribution is -0.137. The van der Waals surface area contributed by atoms with Crippen molar-refractivity contribution in [3.8, 4) is 50.8 Å². The van der Waals surface area contributed by atoms with Crippen LogP contribution >= 0.6 is 0 Å². The van der Waals surface area contributed by atoms with E-state index in [1.54, 1.807) is 49.4 Å². The van der Waals surface area contributed by atoms with Gasteiger partial charge in [0.15, 0.2) is 11.9 Å². The smallest absolute Gasteiger partial charge is 0.335 e. The molecule has 0 aliphatic rings. The Morgan fingerprint density at radius 2 is 0.720 bits per heavy atom. The molecule has 31 heteroatoms. The van der Waals surface area contributed by atoms with E-state index in [1.165, 1.54) is 37.3 Å². The van der Waals surface area contributed by atoms with Crippen LogP contribution in [0.25, 0.3) is 50.8 Å². The van der Waals surface area contributed by atoms with Gasteiger partial charge in [0.1, 0.15) is 11.9 Å². The lowest BCUT2D eigenvalue weighted by Gasteiger charge is -2.19. The van der Waals surface area contributed by atoms with Crippen LogP contribution in [-0.4, -0.2) is 125 Å². The number of nitrogen functional groups attached to an aromatic ring is 1. The van der Waals surface area contributed by atoms with E-state index >= 15 is 0 Å². The van der Waals surface area contributed by atoms with Crippen LogP contribution in [0, 0.1) is 26.2 Å². The second-order valence-electron chi connectivity index (χ2n) is 28.6. The van der Waals surface area contributed by atoms with Crippen LogP contribution in [0.2, 0.25) is 0 Å². The number of aromatic carboxylic acids is 2. The van der Waals surface area contributed by atoms with Crippen molar-refractivity contribution >= 4 is 111 Å². The number of aliphatic carboxylic acids is 1. The van der Waals surface area contributed by atoms with E-state index in [0.717, 1.165) is 33.8 Å². The van der Waals surface area contributed by atoms with Crippen molar-refractivity contribution < 1.29 is 63.3 Å². The van der Waals surface area contributed by atoms with Crippen LogP contribution in [0.15, 0.2) is 265 Å². The first-order valence-corrected chi connectivity index (χ1v) is 39.7. The van der Waals surface area contributed by atoms with Crippen molar-refractivity contribution in [3.63, 3.8) is 0 Å². The van der Waals surface area contributed by atoms with Gasteiger partial charge in [0.25, 0.3) is 17.7 Å². The van der Waals surface area contributed by atoms with Gasteiger partial charge in [0, 0.05) is 113 Å². The summed E-state index contributed by atoms with van der Waals surface area (Å²) in [5.74, 6) is -6.47. The van der Waals surface area contributed by atoms with Gasteiger partial charge in [0.05, 0.1) is 62.0 Å². The number of unbranched alkanes of at least 4 members (excludes halogenated alkanes) is 1. The molecule has 0 fully saturated rings. The third-order valence-corrected chi connectivity index (χ3v) is 19.6. The van der Waals surface area contributed by atoms with Gasteiger partial charge >= 0.3 is 17.9 Å². The molecule has 0 saturated carbocycles. The number of nitrogens with zero attached hydrogens (tertiary/aromatic N) is 5. The first kappa shape index (κ1) is 90.8. The summed E-state index contributed by atoms with van der Waals surface area (Å²) in [4.78, 5) is 136. The van der Waals surface area contributed by atoms with E-state index < -0.39 is 59.4 Å². The average molecular weight is 1690 g/mol. The van der Waals surface area contributed by atoms with Gasteiger partial charge in [-0.05, 0) is 150 Å². The summed E-state index contributed by atoms with van der Waals surface area (Å²) in [7, 11) is 0.